The summed E-state index contributed by atoms with van der Waals surface area (Å²) in [6.45, 7) is 6.41. The van der Waals surface area contributed by atoms with Crippen LogP contribution in [0.1, 0.15) is 316 Å². The highest BCUT2D eigenvalue weighted by Gasteiger charge is 2.19. The fourth-order valence-corrected chi connectivity index (χ4v) is 9.25. The first-order valence-electron chi connectivity index (χ1n) is 32.7. The number of hydrogen-bond acceptors (Lipinski definition) is 6. The second-order valence-corrected chi connectivity index (χ2v) is 21.6. The van der Waals surface area contributed by atoms with Crippen LogP contribution in [-0.4, -0.2) is 37.2 Å². The van der Waals surface area contributed by atoms with Crippen molar-refractivity contribution in [1.29, 1.82) is 0 Å². The molecule has 0 radical (unpaired) electrons. The fourth-order valence-electron chi connectivity index (χ4n) is 9.25. The van der Waals surface area contributed by atoms with Crippen molar-refractivity contribution in [1.82, 2.24) is 0 Å². The number of rotatable bonds is 59. The predicted molar refractivity (Wildman–Crippen MR) is 334 cm³/mol. The molecule has 0 aliphatic heterocycles. The van der Waals surface area contributed by atoms with E-state index in [9.17, 15) is 14.4 Å². The van der Waals surface area contributed by atoms with Crippen molar-refractivity contribution in [3.8, 4) is 0 Å². The van der Waals surface area contributed by atoms with Gasteiger partial charge in [-0.25, -0.2) is 0 Å². The molecule has 0 aromatic rings. The Kier molecular flexibility index (Phi) is 61.8. The number of hydrogen-bond donors (Lipinski definition) is 0. The summed E-state index contributed by atoms with van der Waals surface area (Å²) >= 11 is 0. The Morgan fingerprint density at radius 1 is 0.273 bits per heavy atom. The minimum atomic E-state index is -0.789. The average Bonchev–Trinajstić information content (AvgIpc) is 3.43. The van der Waals surface area contributed by atoms with Gasteiger partial charge in [0.15, 0.2) is 6.10 Å². The Hall–Kier alpha value is -3.67. The van der Waals surface area contributed by atoms with E-state index in [1.807, 2.05) is 0 Å². The van der Waals surface area contributed by atoms with Gasteiger partial charge in [0.25, 0.3) is 0 Å². The highest BCUT2D eigenvalue weighted by molar-refractivity contribution is 5.71. The lowest BCUT2D eigenvalue weighted by molar-refractivity contribution is -0.167. The van der Waals surface area contributed by atoms with E-state index in [1.165, 1.54) is 161 Å². The highest BCUT2D eigenvalue weighted by Crippen LogP contribution is 2.17. The Bertz CT molecular complexity index is 1510. The van der Waals surface area contributed by atoms with Crippen molar-refractivity contribution in [2.24, 2.45) is 0 Å². The largest absolute Gasteiger partial charge is 0.462 e. The van der Waals surface area contributed by atoms with Gasteiger partial charge in [0, 0.05) is 19.3 Å². The van der Waals surface area contributed by atoms with E-state index in [1.54, 1.807) is 0 Å². The summed E-state index contributed by atoms with van der Waals surface area (Å²) in [7, 11) is 0. The summed E-state index contributed by atoms with van der Waals surface area (Å²) in [5.41, 5.74) is 0. The van der Waals surface area contributed by atoms with Gasteiger partial charge in [0.2, 0.25) is 0 Å². The SMILES string of the molecule is CC/C=C\C/C=C\C/C=C\C/C=C\C/C=C\CCCCCCCCCCCCCCCCCCCC(=O)OCC(COC(=O)CCCCCCCCCCCCCCC)OC(=O)CCCCC/C=C\C/C=C\C/C=C\CC. The van der Waals surface area contributed by atoms with Crippen LogP contribution in [0.2, 0.25) is 0 Å². The van der Waals surface area contributed by atoms with Crippen LogP contribution in [-0.2, 0) is 28.6 Å². The normalized spacial score (nSPS) is 12.7. The Morgan fingerprint density at radius 3 is 0.805 bits per heavy atom. The highest BCUT2D eigenvalue weighted by atomic mass is 16.6. The van der Waals surface area contributed by atoms with Gasteiger partial charge >= 0.3 is 17.9 Å². The quantitative estimate of drug-likeness (QED) is 0.0261. The van der Waals surface area contributed by atoms with Crippen LogP contribution < -0.4 is 0 Å². The van der Waals surface area contributed by atoms with Crippen molar-refractivity contribution in [2.45, 2.75) is 322 Å². The van der Waals surface area contributed by atoms with Gasteiger partial charge < -0.3 is 14.2 Å². The molecule has 0 rings (SSSR count). The van der Waals surface area contributed by atoms with Gasteiger partial charge in [0.05, 0.1) is 0 Å². The third kappa shape index (κ3) is 63.0. The fraction of sp³-hybridized carbons (Fsp3) is 0.732. The van der Waals surface area contributed by atoms with Crippen molar-refractivity contribution in [2.75, 3.05) is 13.2 Å². The zero-order valence-corrected chi connectivity index (χ0v) is 50.7. The first-order chi connectivity index (χ1) is 38.0. The van der Waals surface area contributed by atoms with Crippen molar-refractivity contribution in [3.05, 3.63) is 97.2 Å². The molecule has 0 saturated carbocycles. The molecule has 0 aliphatic carbocycles. The zero-order chi connectivity index (χ0) is 55.7. The molecule has 0 spiro atoms. The molecule has 0 heterocycles. The lowest BCUT2D eigenvalue weighted by atomic mass is 10.0. The van der Waals surface area contributed by atoms with Gasteiger partial charge in [-0.2, -0.15) is 0 Å². The second kappa shape index (κ2) is 64.9. The lowest BCUT2D eigenvalue weighted by Gasteiger charge is -2.18. The maximum atomic E-state index is 12.8. The van der Waals surface area contributed by atoms with Gasteiger partial charge in [-0.05, 0) is 96.3 Å². The standard InChI is InChI=1S/C71H122O6/c1-4-7-10-13-16-19-22-25-26-27-28-29-30-31-32-33-34-35-36-37-38-39-40-41-42-43-44-47-49-52-55-58-61-64-70(73)76-67-68(77-71(74)65-62-59-56-53-50-46-24-21-18-15-12-9-6-3)66-75-69(72)63-60-57-54-51-48-45-23-20-17-14-11-8-5-2/h7,9-10,12,16,18-19,21,25-26,28-29,31-32,46,50,68H,4-6,8,11,13-15,17,20,22-24,27,30,33-45,47-49,51-67H2,1-3H3/b10-7-,12-9-,19-16-,21-18-,26-25-,29-28-,32-31-,50-46-. The van der Waals surface area contributed by atoms with Crippen LogP contribution in [0.25, 0.3) is 0 Å². The molecule has 0 aliphatic rings. The van der Waals surface area contributed by atoms with Crippen LogP contribution in [0.3, 0.4) is 0 Å². The molecule has 0 bridgehead atoms. The molecule has 0 fully saturated rings. The van der Waals surface area contributed by atoms with Crippen molar-refractivity contribution < 1.29 is 28.6 Å². The average molecular weight is 1070 g/mol. The molecule has 0 amide bonds. The van der Waals surface area contributed by atoms with Crippen LogP contribution >= 0.6 is 0 Å². The minimum Gasteiger partial charge on any atom is -0.462 e. The summed E-state index contributed by atoms with van der Waals surface area (Å²) in [6, 6.07) is 0. The molecule has 0 N–H and O–H groups in total. The molecule has 1 atom stereocenters. The summed E-state index contributed by atoms with van der Waals surface area (Å²) in [5, 5.41) is 0. The topological polar surface area (TPSA) is 78.9 Å². The maximum Gasteiger partial charge on any atom is 0.306 e. The number of carbonyl (C=O) groups is 3. The molecular weight excluding hydrogens is 949 g/mol. The van der Waals surface area contributed by atoms with E-state index < -0.39 is 6.10 Å². The summed E-state index contributed by atoms with van der Waals surface area (Å²) < 4.78 is 16.9. The van der Waals surface area contributed by atoms with Crippen LogP contribution in [0.15, 0.2) is 97.2 Å². The van der Waals surface area contributed by atoms with Gasteiger partial charge in [0.1, 0.15) is 13.2 Å². The molecule has 6 heteroatoms. The first kappa shape index (κ1) is 73.3. The van der Waals surface area contributed by atoms with Crippen LogP contribution in [0.4, 0.5) is 0 Å². The van der Waals surface area contributed by atoms with Gasteiger partial charge in [-0.15, -0.1) is 0 Å². The van der Waals surface area contributed by atoms with Crippen LogP contribution in [0, 0.1) is 0 Å². The monoisotopic (exact) mass is 1070 g/mol. The van der Waals surface area contributed by atoms with Crippen molar-refractivity contribution >= 4 is 17.9 Å². The number of carbonyl (C=O) groups excluding carboxylic acids is 3. The number of unbranched alkanes of at least 4 members (excludes halogenated alkanes) is 32. The van der Waals surface area contributed by atoms with Crippen LogP contribution in [0.5, 0.6) is 0 Å². The van der Waals surface area contributed by atoms with E-state index in [-0.39, 0.29) is 31.1 Å². The lowest BCUT2D eigenvalue weighted by Crippen LogP contribution is -2.30. The van der Waals surface area contributed by atoms with Gasteiger partial charge in [-0.3, -0.25) is 14.4 Å². The number of esters is 3. The Labute approximate surface area is 477 Å². The van der Waals surface area contributed by atoms with E-state index >= 15 is 0 Å². The number of allylic oxidation sites excluding steroid dienone is 16. The molecule has 0 saturated heterocycles. The molecule has 77 heavy (non-hydrogen) atoms. The van der Waals surface area contributed by atoms with E-state index in [0.717, 1.165) is 116 Å². The molecule has 1 unspecified atom stereocenters. The van der Waals surface area contributed by atoms with E-state index in [4.69, 9.17) is 14.2 Å². The third-order valence-electron chi connectivity index (χ3n) is 14.1. The van der Waals surface area contributed by atoms with E-state index in [0.29, 0.717) is 19.3 Å². The summed E-state index contributed by atoms with van der Waals surface area (Å²) in [6.07, 6.45) is 87.2. The third-order valence-corrected chi connectivity index (χ3v) is 14.1. The first-order valence-corrected chi connectivity index (χ1v) is 32.7. The van der Waals surface area contributed by atoms with Crippen molar-refractivity contribution in [3.63, 3.8) is 0 Å². The minimum absolute atomic E-state index is 0.0846. The van der Waals surface area contributed by atoms with Gasteiger partial charge in [-0.1, -0.05) is 298 Å². The molecule has 0 aromatic heterocycles. The summed E-state index contributed by atoms with van der Waals surface area (Å²) in [5.74, 6) is -0.902. The maximum absolute atomic E-state index is 12.8. The predicted octanol–water partition coefficient (Wildman–Crippen LogP) is 22.4. The zero-order valence-electron chi connectivity index (χ0n) is 50.7. The van der Waals surface area contributed by atoms with E-state index in [2.05, 4.69) is 118 Å². The Morgan fingerprint density at radius 2 is 0.506 bits per heavy atom. The Balaban J connectivity index is 4.13. The summed E-state index contributed by atoms with van der Waals surface area (Å²) in [4.78, 5) is 38.2. The molecule has 6 nitrogen and oxygen atoms in total. The molecular formula is C71H122O6. The molecule has 442 valence electrons. The smallest absolute Gasteiger partial charge is 0.306 e. The number of ether oxygens (including phenoxy) is 3. The second-order valence-electron chi connectivity index (χ2n) is 21.6. The molecule has 0 aromatic carbocycles.